The summed E-state index contributed by atoms with van der Waals surface area (Å²) in [4.78, 5) is 21.9. The van der Waals surface area contributed by atoms with Crippen molar-refractivity contribution in [3.63, 3.8) is 0 Å². The lowest BCUT2D eigenvalue weighted by Gasteiger charge is -2.38. The number of rotatable bonds is 8. The predicted molar refractivity (Wildman–Crippen MR) is 156 cm³/mol. The highest BCUT2D eigenvalue weighted by Gasteiger charge is 2.40. The summed E-state index contributed by atoms with van der Waals surface area (Å²) in [7, 11) is 1.78. The second-order valence-corrected chi connectivity index (χ2v) is 11.4. The molecule has 0 aliphatic carbocycles. The van der Waals surface area contributed by atoms with Crippen molar-refractivity contribution >= 4 is 22.5 Å². The summed E-state index contributed by atoms with van der Waals surface area (Å²) in [5.41, 5.74) is 4.78. The molecule has 0 radical (unpaired) electrons. The fraction of sp³-hybridized carbons (Fsp3) is 0.406. The number of fused-ring (bicyclic) bond motifs is 1. The van der Waals surface area contributed by atoms with Crippen LogP contribution in [-0.2, 0) is 21.9 Å². The normalized spacial score (nSPS) is 17.4. The van der Waals surface area contributed by atoms with Gasteiger partial charge in [-0.3, -0.25) is 4.79 Å². The van der Waals surface area contributed by atoms with E-state index in [1.807, 2.05) is 37.4 Å². The molecule has 1 fully saturated rings. The minimum atomic E-state index is -0.584. The number of ether oxygens (including phenoxy) is 2. The van der Waals surface area contributed by atoms with Gasteiger partial charge in [-0.05, 0) is 85.0 Å². The monoisotopic (exact) mass is 545 g/mol. The van der Waals surface area contributed by atoms with E-state index in [9.17, 15) is 4.79 Å². The van der Waals surface area contributed by atoms with Crippen LogP contribution in [0.2, 0.25) is 5.28 Å². The van der Waals surface area contributed by atoms with E-state index in [4.69, 9.17) is 26.1 Å². The maximum Gasteiger partial charge on any atom is 0.253 e. The van der Waals surface area contributed by atoms with Crippen LogP contribution in [0.3, 0.4) is 0 Å². The van der Waals surface area contributed by atoms with E-state index < -0.39 is 5.41 Å². The van der Waals surface area contributed by atoms with E-state index >= 15 is 0 Å². The first kappa shape index (κ1) is 27.5. The number of aromatic nitrogens is 3. The van der Waals surface area contributed by atoms with Gasteiger partial charge < -0.3 is 14.0 Å². The molecule has 6 nitrogen and oxygen atoms in total. The van der Waals surface area contributed by atoms with Crippen LogP contribution in [0.25, 0.3) is 22.0 Å². The third kappa shape index (κ3) is 5.79. The zero-order valence-electron chi connectivity index (χ0n) is 23.1. The number of hydrogen-bond donors (Lipinski definition) is 0. The number of pyridine rings is 1. The van der Waals surface area contributed by atoms with Crippen molar-refractivity contribution in [3.05, 3.63) is 93.3 Å². The molecule has 1 aliphatic rings. The van der Waals surface area contributed by atoms with Gasteiger partial charge in [0.1, 0.15) is 0 Å². The smallest absolute Gasteiger partial charge is 0.253 e. The van der Waals surface area contributed by atoms with E-state index in [0.29, 0.717) is 18.1 Å². The van der Waals surface area contributed by atoms with E-state index in [1.54, 1.807) is 11.6 Å². The molecule has 39 heavy (non-hydrogen) atoms. The molecule has 1 saturated heterocycles. The molecule has 2 unspecified atom stereocenters. The van der Waals surface area contributed by atoms with Crippen molar-refractivity contribution < 1.29 is 9.47 Å². The Bertz CT molecular complexity index is 1490. The molecule has 0 amide bonds. The minimum Gasteiger partial charge on any atom is -0.353 e. The molecule has 5 rings (SSSR count). The highest BCUT2D eigenvalue weighted by atomic mass is 35.5. The summed E-state index contributed by atoms with van der Waals surface area (Å²) in [5, 5.41) is 1.13. The average molecular weight is 546 g/mol. The predicted octanol–water partition coefficient (Wildman–Crippen LogP) is 6.83. The summed E-state index contributed by atoms with van der Waals surface area (Å²) >= 11 is 6.59. The second kappa shape index (κ2) is 11.6. The zero-order chi connectivity index (χ0) is 27.6. The minimum absolute atomic E-state index is 0.00236. The lowest BCUT2D eigenvalue weighted by atomic mass is 9.71. The van der Waals surface area contributed by atoms with Gasteiger partial charge in [0.25, 0.3) is 5.56 Å². The van der Waals surface area contributed by atoms with Crippen molar-refractivity contribution in [2.75, 3.05) is 13.2 Å². The molecule has 0 N–H and O–H groups in total. The third-order valence-electron chi connectivity index (χ3n) is 7.55. The van der Waals surface area contributed by atoms with Gasteiger partial charge >= 0.3 is 0 Å². The average Bonchev–Trinajstić information content (AvgIpc) is 2.94. The fourth-order valence-electron chi connectivity index (χ4n) is 5.77. The van der Waals surface area contributed by atoms with Crippen molar-refractivity contribution in [2.45, 2.75) is 58.2 Å². The lowest BCUT2D eigenvalue weighted by Crippen LogP contribution is -2.39. The van der Waals surface area contributed by atoms with Gasteiger partial charge in [-0.1, -0.05) is 50.2 Å². The number of nitrogens with zero attached hydrogens (tertiary/aromatic N) is 3. The third-order valence-corrected chi connectivity index (χ3v) is 7.72. The molecule has 2 atom stereocenters. The summed E-state index contributed by atoms with van der Waals surface area (Å²) in [6.45, 7) is 7.41. The van der Waals surface area contributed by atoms with E-state index in [-0.39, 0.29) is 17.1 Å². The Hall–Kier alpha value is -3.06. The van der Waals surface area contributed by atoms with Crippen LogP contribution in [-0.4, -0.2) is 34.0 Å². The summed E-state index contributed by atoms with van der Waals surface area (Å²) in [6.07, 6.45) is 5.48. The van der Waals surface area contributed by atoms with Crippen LogP contribution in [0.5, 0.6) is 0 Å². The molecule has 2 aromatic heterocycles. The number of hydrogen-bond acceptors (Lipinski definition) is 5. The van der Waals surface area contributed by atoms with Gasteiger partial charge in [0.2, 0.25) is 5.28 Å². The van der Waals surface area contributed by atoms with Crippen molar-refractivity contribution in [1.82, 2.24) is 14.5 Å². The SMILES string of the molecule is Cc1cc(-c2ccc3nc(Cl)nc(C(COC4CCCCO4)(CC(C)C)c4ccccc4)c3c2)cn(C)c1=O. The van der Waals surface area contributed by atoms with Crippen molar-refractivity contribution in [2.24, 2.45) is 13.0 Å². The molecule has 1 aliphatic heterocycles. The van der Waals surface area contributed by atoms with E-state index in [1.165, 1.54) is 0 Å². The Morgan fingerprint density at radius 3 is 2.59 bits per heavy atom. The summed E-state index contributed by atoms with van der Waals surface area (Å²) in [6, 6.07) is 18.5. The molecule has 0 spiro atoms. The van der Waals surface area contributed by atoms with Gasteiger partial charge in [-0.25, -0.2) is 9.97 Å². The molecule has 4 aromatic rings. The van der Waals surface area contributed by atoms with Gasteiger partial charge in [0.15, 0.2) is 6.29 Å². The molecule has 3 heterocycles. The van der Waals surface area contributed by atoms with Gasteiger partial charge in [-0.15, -0.1) is 0 Å². The Kier molecular flexibility index (Phi) is 8.17. The molecular formula is C32H36ClN3O3. The van der Waals surface area contributed by atoms with Gasteiger partial charge in [0.05, 0.1) is 23.2 Å². The first-order chi connectivity index (χ1) is 18.8. The van der Waals surface area contributed by atoms with Crippen LogP contribution >= 0.6 is 11.6 Å². The fourth-order valence-corrected chi connectivity index (χ4v) is 5.95. The molecular weight excluding hydrogens is 510 g/mol. The number of halogens is 1. The molecule has 2 aromatic carbocycles. The Balaban J connectivity index is 1.73. The molecule has 204 valence electrons. The topological polar surface area (TPSA) is 66.2 Å². The first-order valence-corrected chi connectivity index (χ1v) is 14.1. The van der Waals surface area contributed by atoms with Crippen LogP contribution in [0.4, 0.5) is 0 Å². The van der Waals surface area contributed by atoms with Crippen molar-refractivity contribution in [1.29, 1.82) is 0 Å². The van der Waals surface area contributed by atoms with Crippen molar-refractivity contribution in [3.8, 4) is 11.1 Å². The Morgan fingerprint density at radius 1 is 1.10 bits per heavy atom. The van der Waals surface area contributed by atoms with E-state index in [0.717, 1.165) is 65.6 Å². The highest BCUT2D eigenvalue weighted by molar-refractivity contribution is 6.28. The summed E-state index contributed by atoms with van der Waals surface area (Å²) < 4.78 is 14.1. The first-order valence-electron chi connectivity index (χ1n) is 13.7. The lowest BCUT2D eigenvalue weighted by molar-refractivity contribution is -0.170. The maximum atomic E-state index is 12.4. The molecule has 0 saturated carbocycles. The standard InChI is InChI=1S/C32H36ClN3O3/c1-21(2)18-32(25-10-6-5-7-11-25,20-39-28-12-8-9-15-38-28)29-26-17-23(13-14-27(26)34-31(33)35-29)24-16-22(3)30(37)36(4)19-24/h5-7,10-11,13-14,16-17,19,21,28H,8-9,12,15,18,20H2,1-4H3. The van der Waals surface area contributed by atoms with Crippen LogP contribution in [0.15, 0.2) is 65.6 Å². The molecule has 7 heteroatoms. The Labute approximate surface area is 235 Å². The van der Waals surface area contributed by atoms with Crippen LogP contribution in [0.1, 0.15) is 56.4 Å². The molecule has 0 bridgehead atoms. The Morgan fingerprint density at radius 2 is 1.90 bits per heavy atom. The summed E-state index contributed by atoms with van der Waals surface area (Å²) in [5.74, 6) is 0.347. The maximum absolute atomic E-state index is 12.4. The second-order valence-electron chi connectivity index (χ2n) is 11.1. The quantitative estimate of drug-likeness (QED) is 0.227. The van der Waals surface area contributed by atoms with E-state index in [2.05, 4.69) is 49.2 Å². The van der Waals surface area contributed by atoms with Crippen LogP contribution < -0.4 is 5.56 Å². The number of aryl methyl sites for hydroxylation is 2. The zero-order valence-corrected chi connectivity index (χ0v) is 23.9. The highest BCUT2D eigenvalue weighted by Crippen LogP contribution is 2.42. The van der Waals surface area contributed by atoms with Crippen LogP contribution in [0, 0.1) is 12.8 Å². The van der Waals surface area contributed by atoms with Gasteiger partial charge in [-0.2, -0.15) is 0 Å². The number of benzene rings is 2. The largest absolute Gasteiger partial charge is 0.353 e. The van der Waals surface area contributed by atoms with Gasteiger partial charge in [0, 0.05) is 30.8 Å².